The lowest BCUT2D eigenvalue weighted by molar-refractivity contribution is 0.820. The van der Waals surface area contributed by atoms with Gasteiger partial charge in [-0.2, -0.15) is 0 Å². The maximum absolute atomic E-state index is 12.8. The average molecular weight is 317 g/mol. The largest absolute Gasteiger partial charge is 0.268 e. The molecule has 1 heterocycles. The van der Waals surface area contributed by atoms with Crippen LogP contribution in [-0.2, 0) is 0 Å². The summed E-state index contributed by atoms with van der Waals surface area (Å²) in [5, 5.41) is 1.70. The molecule has 0 spiro atoms. The Hall–Kier alpha value is -1.78. The fraction of sp³-hybridized carbons (Fsp3) is 0.125. The average Bonchev–Trinajstić information content (AvgIpc) is 2.50. The molecule has 0 aliphatic rings. The van der Waals surface area contributed by atoms with Crippen molar-refractivity contribution in [1.82, 2.24) is 9.55 Å². The summed E-state index contributed by atoms with van der Waals surface area (Å²) in [6, 6.07) is 14.8. The zero-order valence-electron chi connectivity index (χ0n) is 11.4. The number of para-hydroxylation sites is 2. The number of fused-ring (bicyclic) bond motifs is 1. The molecule has 0 saturated carbocycles. The molecular weight excluding hydrogens is 304 g/mol. The molecule has 0 amide bonds. The van der Waals surface area contributed by atoms with Gasteiger partial charge in [0.2, 0.25) is 0 Å². The van der Waals surface area contributed by atoms with E-state index in [2.05, 4.69) is 4.98 Å². The molecule has 3 aromatic rings. The van der Waals surface area contributed by atoms with E-state index >= 15 is 0 Å². The third kappa shape index (κ3) is 2.57. The number of aromatic nitrogens is 2. The van der Waals surface area contributed by atoms with Gasteiger partial charge in [0.05, 0.1) is 21.6 Å². The zero-order chi connectivity index (χ0) is 14.8. The molecule has 0 saturated heterocycles. The summed E-state index contributed by atoms with van der Waals surface area (Å²) in [5.74, 6) is 0.829. The second-order valence-corrected chi connectivity index (χ2v) is 6.08. The Labute approximate surface area is 131 Å². The molecule has 3 rings (SSSR count). The van der Waals surface area contributed by atoms with Gasteiger partial charge in [0, 0.05) is 0 Å². The van der Waals surface area contributed by atoms with Crippen LogP contribution in [0.2, 0.25) is 5.02 Å². The van der Waals surface area contributed by atoms with Crippen molar-refractivity contribution in [3.8, 4) is 5.69 Å². The Balaban J connectivity index is 2.40. The molecule has 0 bridgehead atoms. The molecule has 0 aliphatic heterocycles. The minimum absolute atomic E-state index is 0.0929. The van der Waals surface area contributed by atoms with Gasteiger partial charge < -0.3 is 0 Å². The molecule has 0 N–H and O–H groups in total. The van der Waals surface area contributed by atoms with Crippen molar-refractivity contribution in [2.45, 2.75) is 12.1 Å². The zero-order valence-corrected chi connectivity index (χ0v) is 13.0. The van der Waals surface area contributed by atoms with Crippen molar-refractivity contribution < 1.29 is 0 Å². The van der Waals surface area contributed by atoms with Gasteiger partial charge in [-0.3, -0.25) is 9.36 Å². The number of thioether (sulfide) groups is 1. The summed E-state index contributed by atoms with van der Waals surface area (Å²) in [7, 11) is 0. The van der Waals surface area contributed by atoms with Crippen LogP contribution < -0.4 is 5.56 Å². The van der Waals surface area contributed by atoms with Crippen LogP contribution in [-0.4, -0.2) is 15.3 Å². The second kappa shape index (κ2) is 5.92. The molecule has 0 radical (unpaired) electrons. The first-order chi connectivity index (χ1) is 10.2. The third-order valence-corrected chi connectivity index (χ3v) is 4.23. The summed E-state index contributed by atoms with van der Waals surface area (Å²) < 4.78 is 1.65. The molecule has 0 atom stereocenters. The van der Waals surface area contributed by atoms with Crippen LogP contribution in [0.25, 0.3) is 16.6 Å². The van der Waals surface area contributed by atoms with E-state index in [0.717, 1.165) is 11.4 Å². The number of nitrogens with zero attached hydrogens (tertiary/aromatic N) is 2. The summed E-state index contributed by atoms with van der Waals surface area (Å²) in [6.07, 6.45) is 0. The molecule has 106 valence electrons. The number of halogens is 1. The van der Waals surface area contributed by atoms with E-state index in [1.807, 2.05) is 37.3 Å². The van der Waals surface area contributed by atoms with Crippen molar-refractivity contribution in [3.63, 3.8) is 0 Å². The molecule has 3 nitrogen and oxygen atoms in total. The van der Waals surface area contributed by atoms with E-state index in [4.69, 9.17) is 11.6 Å². The van der Waals surface area contributed by atoms with E-state index in [9.17, 15) is 4.79 Å². The van der Waals surface area contributed by atoms with Gasteiger partial charge in [0.25, 0.3) is 5.56 Å². The quantitative estimate of drug-likeness (QED) is 0.538. The van der Waals surface area contributed by atoms with Crippen molar-refractivity contribution >= 4 is 34.3 Å². The number of hydrogen-bond donors (Lipinski definition) is 0. The highest BCUT2D eigenvalue weighted by Gasteiger charge is 2.14. The topological polar surface area (TPSA) is 34.9 Å². The van der Waals surface area contributed by atoms with E-state index in [1.54, 1.807) is 22.8 Å². The summed E-state index contributed by atoms with van der Waals surface area (Å²) in [4.78, 5) is 17.4. The van der Waals surface area contributed by atoms with Crippen LogP contribution in [0.4, 0.5) is 0 Å². The van der Waals surface area contributed by atoms with Crippen LogP contribution in [0.15, 0.2) is 58.5 Å². The predicted molar refractivity (Wildman–Crippen MR) is 88.7 cm³/mol. The van der Waals surface area contributed by atoms with Crippen molar-refractivity contribution in [2.24, 2.45) is 0 Å². The van der Waals surface area contributed by atoms with Gasteiger partial charge >= 0.3 is 0 Å². The molecule has 0 fully saturated rings. The Bertz CT molecular complexity index is 846. The first-order valence-electron chi connectivity index (χ1n) is 6.62. The molecule has 5 heteroatoms. The van der Waals surface area contributed by atoms with E-state index in [-0.39, 0.29) is 5.56 Å². The Morgan fingerprint density at radius 3 is 2.62 bits per heavy atom. The second-order valence-electron chi connectivity index (χ2n) is 4.44. The molecule has 21 heavy (non-hydrogen) atoms. The van der Waals surface area contributed by atoms with Crippen LogP contribution in [0.5, 0.6) is 0 Å². The van der Waals surface area contributed by atoms with Crippen LogP contribution >= 0.6 is 23.4 Å². The number of benzene rings is 2. The molecule has 0 aliphatic carbocycles. The molecule has 0 unspecified atom stereocenters. The van der Waals surface area contributed by atoms with Gasteiger partial charge in [0.1, 0.15) is 0 Å². The van der Waals surface area contributed by atoms with Crippen LogP contribution in [0, 0.1) is 0 Å². The SMILES string of the molecule is CCSc1nc2c(Cl)cccc2c(=O)n1-c1ccccc1. The summed E-state index contributed by atoms with van der Waals surface area (Å²) >= 11 is 7.71. The fourth-order valence-corrected chi connectivity index (χ4v) is 3.13. The first-order valence-corrected chi connectivity index (χ1v) is 7.98. The maximum atomic E-state index is 12.8. The molecule has 1 aromatic heterocycles. The van der Waals surface area contributed by atoms with E-state index < -0.39 is 0 Å². The highest BCUT2D eigenvalue weighted by molar-refractivity contribution is 7.99. The lowest BCUT2D eigenvalue weighted by atomic mass is 10.2. The monoisotopic (exact) mass is 316 g/mol. The third-order valence-electron chi connectivity index (χ3n) is 3.11. The Morgan fingerprint density at radius 1 is 1.14 bits per heavy atom. The van der Waals surface area contributed by atoms with Gasteiger partial charge in [-0.05, 0) is 30.0 Å². The van der Waals surface area contributed by atoms with Gasteiger partial charge in [0.15, 0.2) is 5.16 Å². The van der Waals surface area contributed by atoms with Crippen LogP contribution in [0.3, 0.4) is 0 Å². The normalized spacial score (nSPS) is 11.0. The van der Waals surface area contributed by atoms with E-state index in [1.165, 1.54) is 11.8 Å². The Morgan fingerprint density at radius 2 is 1.90 bits per heavy atom. The van der Waals surface area contributed by atoms with Crippen molar-refractivity contribution in [1.29, 1.82) is 0 Å². The lowest BCUT2D eigenvalue weighted by Gasteiger charge is -2.12. The number of rotatable bonds is 3. The van der Waals surface area contributed by atoms with Gasteiger partial charge in [-0.15, -0.1) is 0 Å². The Kier molecular flexibility index (Phi) is 3.99. The van der Waals surface area contributed by atoms with Crippen molar-refractivity contribution in [2.75, 3.05) is 5.75 Å². The molecular formula is C16H13ClN2OS. The first kappa shape index (κ1) is 14.2. The highest BCUT2D eigenvalue weighted by Crippen LogP contribution is 2.24. The standard InChI is InChI=1S/C16H13ClN2OS/c1-2-21-16-18-14-12(9-6-10-13(14)17)15(20)19(16)11-7-4-3-5-8-11/h3-10H,2H2,1H3. The van der Waals surface area contributed by atoms with Crippen LogP contribution in [0.1, 0.15) is 6.92 Å². The highest BCUT2D eigenvalue weighted by atomic mass is 35.5. The number of hydrogen-bond acceptors (Lipinski definition) is 3. The van der Waals surface area contributed by atoms with Crippen molar-refractivity contribution in [3.05, 3.63) is 63.9 Å². The van der Waals surface area contributed by atoms with E-state index in [0.29, 0.717) is 21.1 Å². The smallest absolute Gasteiger partial charge is 0.266 e. The fourth-order valence-electron chi connectivity index (χ4n) is 2.19. The van der Waals surface area contributed by atoms with Gasteiger partial charge in [-0.1, -0.05) is 54.6 Å². The summed E-state index contributed by atoms with van der Waals surface area (Å²) in [6.45, 7) is 2.03. The molecule has 2 aromatic carbocycles. The lowest BCUT2D eigenvalue weighted by Crippen LogP contribution is -2.21. The maximum Gasteiger partial charge on any atom is 0.266 e. The minimum Gasteiger partial charge on any atom is -0.268 e. The van der Waals surface area contributed by atoms with Gasteiger partial charge in [-0.25, -0.2) is 4.98 Å². The minimum atomic E-state index is -0.0929. The predicted octanol–water partition coefficient (Wildman–Crippen LogP) is 4.15. The summed E-state index contributed by atoms with van der Waals surface area (Å²) in [5.41, 5.74) is 1.28.